The molecule has 1 N–H and O–H groups in total. The zero-order valence-corrected chi connectivity index (χ0v) is 19.0. The highest BCUT2D eigenvalue weighted by Crippen LogP contribution is 2.40. The maximum Gasteiger partial charge on any atom is 0.221 e. The van der Waals surface area contributed by atoms with Crippen molar-refractivity contribution in [2.45, 2.75) is 26.8 Å². The molecule has 1 aromatic heterocycles. The minimum atomic E-state index is 0.0844. The van der Waals surface area contributed by atoms with Crippen molar-refractivity contribution < 1.29 is 9.84 Å². The molecule has 0 amide bonds. The Labute approximate surface area is 192 Å². The maximum atomic E-state index is 11.0. The number of aromatic nitrogens is 1. The lowest BCUT2D eigenvalue weighted by atomic mass is 10.1. The van der Waals surface area contributed by atoms with Gasteiger partial charge in [0.25, 0.3) is 0 Å². The molecule has 0 fully saturated rings. The highest BCUT2D eigenvalue weighted by atomic mass is 35.5. The Balaban J connectivity index is 1.58. The summed E-state index contributed by atoms with van der Waals surface area (Å²) in [4.78, 5) is 0. The standard InChI is InChI=1S/C26H26ClN3O2/c1-18(2)15-16-32-22-13-7-19(8-14-22)17-30-24-6-4-3-5-23(24)25(26(30)31)29-28-21-11-9-20(27)10-12-21/h3-14,18,31H,15-17H2,1-2H3. The summed E-state index contributed by atoms with van der Waals surface area (Å²) < 4.78 is 7.66. The molecule has 6 heteroatoms. The topological polar surface area (TPSA) is 59.1 Å². The summed E-state index contributed by atoms with van der Waals surface area (Å²) in [5.41, 5.74) is 3.06. The Hall–Kier alpha value is -3.31. The van der Waals surface area contributed by atoms with Gasteiger partial charge in [-0.15, -0.1) is 5.11 Å². The van der Waals surface area contributed by atoms with E-state index in [0.717, 1.165) is 28.6 Å². The second-order valence-corrected chi connectivity index (χ2v) is 8.56. The number of hydrogen-bond donors (Lipinski definition) is 1. The van der Waals surface area contributed by atoms with Gasteiger partial charge in [0.15, 0.2) is 5.69 Å². The third kappa shape index (κ3) is 5.11. The molecule has 164 valence electrons. The van der Waals surface area contributed by atoms with Crippen LogP contribution in [0, 0.1) is 5.92 Å². The van der Waals surface area contributed by atoms with Gasteiger partial charge in [0.05, 0.1) is 24.4 Å². The molecular weight excluding hydrogens is 422 g/mol. The summed E-state index contributed by atoms with van der Waals surface area (Å²) in [6, 6.07) is 22.9. The van der Waals surface area contributed by atoms with Crippen LogP contribution in [0.3, 0.4) is 0 Å². The molecule has 4 aromatic rings. The molecule has 1 heterocycles. The molecule has 0 radical (unpaired) electrons. The first kappa shape index (κ1) is 21.9. The molecule has 4 rings (SSSR count). The monoisotopic (exact) mass is 447 g/mol. The van der Waals surface area contributed by atoms with Crippen LogP contribution in [0.5, 0.6) is 11.6 Å². The zero-order chi connectivity index (χ0) is 22.5. The average Bonchev–Trinajstić information content (AvgIpc) is 3.05. The van der Waals surface area contributed by atoms with Crippen LogP contribution < -0.4 is 4.74 Å². The fourth-order valence-electron chi connectivity index (χ4n) is 3.43. The van der Waals surface area contributed by atoms with Gasteiger partial charge in [0.2, 0.25) is 5.88 Å². The number of aromatic hydroxyl groups is 1. The van der Waals surface area contributed by atoms with Gasteiger partial charge in [-0.25, -0.2) is 0 Å². The van der Waals surface area contributed by atoms with Gasteiger partial charge in [-0.1, -0.05) is 55.8 Å². The molecule has 0 aliphatic carbocycles. The number of nitrogens with zero attached hydrogens (tertiary/aromatic N) is 3. The predicted molar refractivity (Wildman–Crippen MR) is 130 cm³/mol. The summed E-state index contributed by atoms with van der Waals surface area (Å²) in [5, 5.41) is 21.1. The van der Waals surface area contributed by atoms with Crippen molar-refractivity contribution in [1.82, 2.24) is 4.57 Å². The van der Waals surface area contributed by atoms with Crippen molar-refractivity contribution in [3.05, 3.63) is 83.4 Å². The Morgan fingerprint density at radius 3 is 2.38 bits per heavy atom. The van der Waals surface area contributed by atoms with Crippen molar-refractivity contribution >= 4 is 33.9 Å². The van der Waals surface area contributed by atoms with Gasteiger partial charge in [-0.05, 0) is 60.4 Å². The van der Waals surface area contributed by atoms with Gasteiger partial charge < -0.3 is 14.4 Å². The molecule has 0 atom stereocenters. The lowest BCUT2D eigenvalue weighted by Crippen LogP contribution is -2.02. The van der Waals surface area contributed by atoms with E-state index in [-0.39, 0.29) is 5.88 Å². The Morgan fingerprint density at radius 1 is 0.938 bits per heavy atom. The van der Waals surface area contributed by atoms with Crippen molar-refractivity contribution in [3.63, 3.8) is 0 Å². The number of halogens is 1. The number of hydrogen-bond acceptors (Lipinski definition) is 4. The highest BCUT2D eigenvalue weighted by molar-refractivity contribution is 6.30. The van der Waals surface area contributed by atoms with Gasteiger partial charge in [-0.2, -0.15) is 5.11 Å². The van der Waals surface area contributed by atoms with E-state index in [9.17, 15) is 5.11 Å². The van der Waals surface area contributed by atoms with Gasteiger partial charge in [-0.3, -0.25) is 0 Å². The Morgan fingerprint density at radius 2 is 1.66 bits per heavy atom. The van der Waals surface area contributed by atoms with E-state index in [1.165, 1.54) is 0 Å². The molecule has 32 heavy (non-hydrogen) atoms. The van der Waals surface area contributed by atoms with E-state index < -0.39 is 0 Å². The fourth-order valence-corrected chi connectivity index (χ4v) is 3.56. The van der Waals surface area contributed by atoms with Crippen LogP contribution in [-0.2, 0) is 6.54 Å². The average molecular weight is 448 g/mol. The molecule has 5 nitrogen and oxygen atoms in total. The van der Waals surface area contributed by atoms with Crippen LogP contribution in [0.1, 0.15) is 25.8 Å². The second-order valence-electron chi connectivity index (χ2n) is 8.13. The van der Waals surface area contributed by atoms with E-state index in [1.54, 1.807) is 24.3 Å². The first-order valence-corrected chi connectivity index (χ1v) is 11.1. The molecule has 0 spiro atoms. The quantitative estimate of drug-likeness (QED) is 0.279. The van der Waals surface area contributed by atoms with Crippen LogP contribution in [0.25, 0.3) is 10.9 Å². The van der Waals surface area contributed by atoms with Crippen LogP contribution in [-0.4, -0.2) is 16.3 Å². The minimum Gasteiger partial charge on any atom is -0.494 e. The van der Waals surface area contributed by atoms with Crippen molar-refractivity contribution in [2.24, 2.45) is 16.1 Å². The number of para-hydroxylation sites is 1. The smallest absolute Gasteiger partial charge is 0.221 e. The van der Waals surface area contributed by atoms with Crippen molar-refractivity contribution in [1.29, 1.82) is 0 Å². The summed E-state index contributed by atoms with van der Waals surface area (Å²) in [6.45, 7) is 5.59. The van der Waals surface area contributed by atoms with Gasteiger partial charge in [0, 0.05) is 10.4 Å². The van der Waals surface area contributed by atoms with E-state index >= 15 is 0 Å². The summed E-state index contributed by atoms with van der Waals surface area (Å²) in [6.07, 6.45) is 1.03. The van der Waals surface area contributed by atoms with Crippen molar-refractivity contribution in [2.75, 3.05) is 6.61 Å². The lowest BCUT2D eigenvalue weighted by Gasteiger charge is -2.10. The van der Waals surface area contributed by atoms with Gasteiger partial charge in [0.1, 0.15) is 5.75 Å². The van der Waals surface area contributed by atoms with Gasteiger partial charge >= 0.3 is 0 Å². The summed E-state index contributed by atoms with van der Waals surface area (Å²) in [5.74, 6) is 1.56. The summed E-state index contributed by atoms with van der Waals surface area (Å²) in [7, 11) is 0. The zero-order valence-electron chi connectivity index (χ0n) is 18.2. The lowest BCUT2D eigenvalue weighted by molar-refractivity contribution is 0.289. The molecular formula is C26H26ClN3O2. The third-order valence-electron chi connectivity index (χ3n) is 5.24. The molecule has 0 saturated heterocycles. The Kier molecular flexibility index (Phi) is 6.76. The number of ether oxygens (including phenoxy) is 1. The molecule has 0 unspecified atom stereocenters. The summed E-state index contributed by atoms with van der Waals surface area (Å²) >= 11 is 5.94. The van der Waals surface area contributed by atoms with E-state index in [1.807, 2.05) is 53.1 Å². The minimum absolute atomic E-state index is 0.0844. The number of fused-ring (bicyclic) bond motifs is 1. The normalized spacial score (nSPS) is 11.6. The highest BCUT2D eigenvalue weighted by Gasteiger charge is 2.16. The van der Waals surface area contributed by atoms with Crippen LogP contribution in [0.4, 0.5) is 11.4 Å². The number of benzene rings is 3. The molecule has 0 saturated carbocycles. The molecule has 0 aliphatic rings. The number of rotatable bonds is 8. The fraction of sp³-hybridized carbons (Fsp3) is 0.231. The molecule has 0 bridgehead atoms. The number of azo groups is 1. The first-order chi connectivity index (χ1) is 15.5. The predicted octanol–water partition coefficient (Wildman–Crippen LogP) is 7.89. The van der Waals surface area contributed by atoms with E-state index in [4.69, 9.17) is 16.3 Å². The van der Waals surface area contributed by atoms with Crippen molar-refractivity contribution in [3.8, 4) is 11.6 Å². The largest absolute Gasteiger partial charge is 0.494 e. The molecule has 0 aliphatic heterocycles. The third-order valence-corrected chi connectivity index (χ3v) is 5.49. The SMILES string of the molecule is CC(C)CCOc1ccc(Cn2c(O)c(N=Nc3ccc(Cl)cc3)c3ccccc32)cc1. The molecule has 3 aromatic carbocycles. The van der Waals surface area contributed by atoms with E-state index in [0.29, 0.717) is 35.5 Å². The van der Waals surface area contributed by atoms with Crippen LogP contribution >= 0.6 is 11.6 Å². The van der Waals surface area contributed by atoms with E-state index in [2.05, 4.69) is 24.1 Å². The van der Waals surface area contributed by atoms with Crippen LogP contribution in [0.15, 0.2) is 83.0 Å². The van der Waals surface area contributed by atoms with Crippen LogP contribution in [0.2, 0.25) is 5.02 Å². The maximum absolute atomic E-state index is 11.0. The Bertz CT molecular complexity index is 1210. The second kappa shape index (κ2) is 9.88. The first-order valence-electron chi connectivity index (χ1n) is 10.7.